The molecule has 0 bridgehead atoms. The minimum Gasteiger partial charge on any atom is -0.284 e. The normalized spacial score (nSPS) is 27.2. The summed E-state index contributed by atoms with van der Waals surface area (Å²) in [6.45, 7) is 1.82. The molecule has 0 aromatic rings. The highest BCUT2D eigenvalue weighted by atomic mass is 32.2. The maximum atomic E-state index is 9.94. The molecule has 1 aliphatic rings. The van der Waals surface area contributed by atoms with Gasteiger partial charge in [0.15, 0.2) is 0 Å². The standard InChI is InChI=1S/C4H8O3S/c1-4(2-3-4)7-8(5)6/h2-3H2,1H3,(H,5,6). The first-order valence-electron chi connectivity index (χ1n) is 2.43. The molecular weight excluding hydrogens is 128 g/mol. The van der Waals surface area contributed by atoms with Crippen molar-refractivity contribution in [3.63, 3.8) is 0 Å². The Labute approximate surface area is 50.5 Å². The van der Waals surface area contributed by atoms with Crippen LogP contribution in [0, 0.1) is 0 Å². The van der Waals surface area contributed by atoms with Gasteiger partial charge in [0, 0.05) is 0 Å². The first-order chi connectivity index (χ1) is 3.62. The lowest BCUT2D eigenvalue weighted by molar-refractivity contribution is 0.202. The average molecular weight is 136 g/mol. The van der Waals surface area contributed by atoms with Crippen LogP contribution in [0.4, 0.5) is 0 Å². The molecule has 1 unspecified atom stereocenters. The molecule has 0 radical (unpaired) electrons. The Morgan fingerprint density at radius 3 is 2.38 bits per heavy atom. The monoisotopic (exact) mass is 136 g/mol. The first kappa shape index (κ1) is 6.19. The van der Waals surface area contributed by atoms with Crippen molar-refractivity contribution in [1.29, 1.82) is 0 Å². The Bertz CT molecular complexity index is 118. The largest absolute Gasteiger partial charge is 0.302 e. The summed E-state index contributed by atoms with van der Waals surface area (Å²) in [5.74, 6) is 0. The fourth-order valence-electron chi connectivity index (χ4n) is 0.431. The van der Waals surface area contributed by atoms with E-state index in [2.05, 4.69) is 4.18 Å². The Balaban J connectivity index is 2.29. The van der Waals surface area contributed by atoms with Crippen molar-refractivity contribution < 1.29 is 12.9 Å². The van der Waals surface area contributed by atoms with Crippen LogP contribution < -0.4 is 0 Å². The first-order valence-corrected chi connectivity index (χ1v) is 3.46. The van der Waals surface area contributed by atoms with Gasteiger partial charge >= 0.3 is 11.4 Å². The van der Waals surface area contributed by atoms with Gasteiger partial charge in [-0.05, 0) is 19.8 Å². The second-order valence-electron chi connectivity index (χ2n) is 2.25. The third-order valence-corrected chi connectivity index (χ3v) is 1.77. The maximum absolute atomic E-state index is 9.94. The zero-order valence-corrected chi connectivity index (χ0v) is 5.40. The van der Waals surface area contributed by atoms with Crippen LogP contribution in [0.25, 0.3) is 0 Å². The molecule has 0 aliphatic heterocycles. The van der Waals surface area contributed by atoms with E-state index < -0.39 is 11.4 Å². The molecule has 0 aromatic heterocycles. The van der Waals surface area contributed by atoms with Crippen LogP contribution in [0.2, 0.25) is 0 Å². The summed E-state index contributed by atoms with van der Waals surface area (Å²) in [4.78, 5) is 0. The predicted molar refractivity (Wildman–Crippen MR) is 29.5 cm³/mol. The third-order valence-electron chi connectivity index (χ3n) is 1.23. The van der Waals surface area contributed by atoms with Crippen LogP contribution in [-0.2, 0) is 15.5 Å². The van der Waals surface area contributed by atoms with Gasteiger partial charge in [0.05, 0.1) is 5.60 Å². The van der Waals surface area contributed by atoms with Gasteiger partial charge in [-0.1, -0.05) is 0 Å². The minimum atomic E-state index is -2.07. The Morgan fingerprint density at radius 1 is 1.75 bits per heavy atom. The SMILES string of the molecule is CC1(OS(=O)O)CC1. The fraction of sp³-hybridized carbons (Fsp3) is 1.00. The molecule has 1 fully saturated rings. The smallest absolute Gasteiger partial charge is 0.284 e. The average Bonchev–Trinajstić information content (AvgIpc) is 2.17. The summed E-state index contributed by atoms with van der Waals surface area (Å²) in [6, 6.07) is 0. The van der Waals surface area contributed by atoms with E-state index >= 15 is 0 Å². The summed E-state index contributed by atoms with van der Waals surface area (Å²) < 4.78 is 22.7. The second kappa shape index (κ2) is 1.79. The number of rotatable bonds is 2. The van der Waals surface area contributed by atoms with Gasteiger partial charge in [-0.25, -0.2) is 0 Å². The highest BCUT2D eigenvalue weighted by molar-refractivity contribution is 7.74. The van der Waals surface area contributed by atoms with Crippen LogP contribution >= 0.6 is 0 Å². The van der Waals surface area contributed by atoms with Crippen molar-refractivity contribution in [2.45, 2.75) is 25.4 Å². The van der Waals surface area contributed by atoms with Crippen LogP contribution in [0.5, 0.6) is 0 Å². The van der Waals surface area contributed by atoms with Gasteiger partial charge in [-0.2, -0.15) is 4.21 Å². The topological polar surface area (TPSA) is 46.5 Å². The Hall–Kier alpha value is 0.0700. The van der Waals surface area contributed by atoms with Gasteiger partial charge in [0.2, 0.25) is 0 Å². The summed E-state index contributed by atoms with van der Waals surface area (Å²) in [5.41, 5.74) is -0.278. The Morgan fingerprint density at radius 2 is 2.25 bits per heavy atom. The van der Waals surface area contributed by atoms with Gasteiger partial charge in [-0.15, -0.1) is 0 Å². The van der Waals surface area contributed by atoms with Crippen LogP contribution in [0.1, 0.15) is 19.8 Å². The van der Waals surface area contributed by atoms with Gasteiger partial charge in [0.25, 0.3) is 0 Å². The van der Waals surface area contributed by atoms with Crippen molar-refractivity contribution in [3.05, 3.63) is 0 Å². The van der Waals surface area contributed by atoms with E-state index in [1.54, 1.807) is 0 Å². The quantitative estimate of drug-likeness (QED) is 0.568. The van der Waals surface area contributed by atoms with E-state index in [9.17, 15) is 4.21 Å². The molecule has 8 heavy (non-hydrogen) atoms. The molecule has 0 spiro atoms. The third kappa shape index (κ3) is 1.54. The molecule has 1 aliphatic carbocycles. The van der Waals surface area contributed by atoms with Crippen LogP contribution in [0.3, 0.4) is 0 Å². The van der Waals surface area contributed by atoms with Crippen LogP contribution in [-0.4, -0.2) is 14.4 Å². The lowest BCUT2D eigenvalue weighted by Gasteiger charge is -2.02. The second-order valence-corrected chi connectivity index (χ2v) is 2.85. The molecule has 0 amide bonds. The highest BCUT2D eigenvalue weighted by Gasteiger charge is 2.40. The van der Waals surface area contributed by atoms with E-state index in [1.165, 1.54) is 0 Å². The number of hydrogen-bond acceptors (Lipinski definition) is 2. The van der Waals surface area contributed by atoms with Crippen molar-refractivity contribution in [2.75, 3.05) is 0 Å². The van der Waals surface area contributed by atoms with Gasteiger partial charge < -0.3 is 0 Å². The molecule has 1 rings (SSSR count). The summed E-state index contributed by atoms with van der Waals surface area (Å²) in [5, 5.41) is 0. The molecule has 4 heteroatoms. The summed E-state index contributed by atoms with van der Waals surface area (Å²) >= 11 is -2.07. The van der Waals surface area contributed by atoms with Crippen molar-refractivity contribution in [3.8, 4) is 0 Å². The lowest BCUT2D eigenvalue weighted by Crippen LogP contribution is -2.09. The van der Waals surface area contributed by atoms with E-state index in [0.29, 0.717) is 0 Å². The molecule has 1 atom stereocenters. The van der Waals surface area contributed by atoms with E-state index in [-0.39, 0.29) is 5.60 Å². The van der Waals surface area contributed by atoms with Crippen molar-refractivity contribution in [2.24, 2.45) is 0 Å². The molecule has 3 nitrogen and oxygen atoms in total. The summed E-state index contributed by atoms with van der Waals surface area (Å²) in [6.07, 6.45) is 1.80. The predicted octanol–water partition coefficient (Wildman–Crippen LogP) is 0.692. The van der Waals surface area contributed by atoms with Gasteiger partial charge in [0.1, 0.15) is 0 Å². The zero-order chi connectivity index (χ0) is 6.20. The van der Waals surface area contributed by atoms with Crippen molar-refractivity contribution >= 4 is 11.4 Å². The molecule has 48 valence electrons. The molecule has 1 saturated carbocycles. The zero-order valence-electron chi connectivity index (χ0n) is 4.59. The molecular formula is C4H8O3S. The summed E-state index contributed by atoms with van der Waals surface area (Å²) in [7, 11) is 0. The van der Waals surface area contributed by atoms with Gasteiger partial charge in [-0.3, -0.25) is 8.74 Å². The van der Waals surface area contributed by atoms with E-state index in [4.69, 9.17) is 4.55 Å². The molecule has 0 heterocycles. The fourth-order valence-corrected chi connectivity index (χ4v) is 0.942. The van der Waals surface area contributed by atoms with E-state index in [1.807, 2.05) is 6.92 Å². The Kier molecular flexibility index (Phi) is 1.38. The lowest BCUT2D eigenvalue weighted by atomic mass is 10.4. The molecule has 0 saturated heterocycles. The van der Waals surface area contributed by atoms with Crippen LogP contribution in [0.15, 0.2) is 0 Å². The molecule has 0 aromatic carbocycles. The van der Waals surface area contributed by atoms with E-state index in [0.717, 1.165) is 12.8 Å². The minimum absolute atomic E-state index is 0.278. The maximum Gasteiger partial charge on any atom is 0.302 e. The highest BCUT2D eigenvalue weighted by Crippen LogP contribution is 2.38. The van der Waals surface area contributed by atoms with Crippen molar-refractivity contribution in [1.82, 2.24) is 0 Å². The number of hydrogen-bond donors (Lipinski definition) is 1. The molecule has 1 N–H and O–H groups in total.